The first-order chi connectivity index (χ1) is 15.2. The van der Waals surface area contributed by atoms with Crippen molar-refractivity contribution in [2.45, 2.75) is 38.3 Å². The lowest BCUT2D eigenvalue weighted by Gasteiger charge is -2.43. The van der Waals surface area contributed by atoms with E-state index in [4.69, 9.17) is 4.74 Å². The molecule has 31 heavy (non-hydrogen) atoms. The highest BCUT2D eigenvalue weighted by atomic mass is 16.5. The Morgan fingerprint density at radius 1 is 1.03 bits per heavy atom. The summed E-state index contributed by atoms with van der Waals surface area (Å²) in [4.78, 5) is 24.2. The minimum absolute atomic E-state index is 0.289. The average Bonchev–Trinajstić information content (AvgIpc) is 2.78. The molecule has 0 unspecified atom stereocenters. The monoisotopic (exact) mass is 420 g/mol. The number of carbonyl (C=O) groups excluding carboxylic acids is 1. The maximum Gasteiger partial charge on any atom is 0.236 e. The fraction of sp³-hybridized carbons (Fsp3) is 0.520. The molecule has 2 fully saturated rings. The van der Waals surface area contributed by atoms with Gasteiger partial charge in [-0.05, 0) is 42.0 Å². The molecular weight excluding hydrogens is 388 g/mol. The van der Waals surface area contributed by atoms with Crippen molar-refractivity contribution in [1.29, 1.82) is 0 Å². The van der Waals surface area contributed by atoms with Gasteiger partial charge in [0, 0.05) is 63.1 Å². The van der Waals surface area contributed by atoms with E-state index in [-0.39, 0.29) is 5.91 Å². The molecule has 2 aromatic rings. The van der Waals surface area contributed by atoms with Gasteiger partial charge in [-0.15, -0.1) is 0 Å². The summed E-state index contributed by atoms with van der Waals surface area (Å²) >= 11 is 0. The number of benzene rings is 1. The highest BCUT2D eigenvalue weighted by Crippen LogP contribution is 2.27. The first-order valence-corrected chi connectivity index (χ1v) is 11.6. The van der Waals surface area contributed by atoms with E-state index in [1.54, 1.807) is 7.11 Å². The van der Waals surface area contributed by atoms with Gasteiger partial charge in [0.1, 0.15) is 0 Å². The predicted molar refractivity (Wildman–Crippen MR) is 121 cm³/mol. The number of pyridine rings is 1. The average molecular weight is 421 g/mol. The number of amides is 1. The number of piperazine rings is 1. The van der Waals surface area contributed by atoms with E-state index in [1.165, 1.54) is 36.0 Å². The smallest absolute Gasteiger partial charge is 0.236 e. The molecule has 2 aliphatic heterocycles. The zero-order chi connectivity index (χ0) is 21.2. The molecule has 6 nitrogen and oxygen atoms in total. The predicted octanol–water partition coefficient (Wildman–Crippen LogP) is 2.81. The Bertz CT molecular complexity index is 918. The van der Waals surface area contributed by atoms with Gasteiger partial charge in [0.15, 0.2) is 0 Å². The molecule has 0 atom stereocenters. The zero-order valence-corrected chi connectivity index (χ0v) is 18.4. The number of hydrogen-bond acceptors (Lipinski definition) is 5. The van der Waals surface area contributed by atoms with E-state index in [1.807, 2.05) is 18.3 Å². The second kappa shape index (κ2) is 8.97. The van der Waals surface area contributed by atoms with Gasteiger partial charge < -0.3 is 9.64 Å². The topological polar surface area (TPSA) is 48.9 Å². The van der Waals surface area contributed by atoms with E-state index in [0.717, 1.165) is 57.3 Å². The van der Waals surface area contributed by atoms with Crippen molar-refractivity contribution in [2.75, 3.05) is 46.4 Å². The van der Waals surface area contributed by atoms with Gasteiger partial charge in [-0.2, -0.15) is 0 Å². The Morgan fingerprint density at radius 3 is 2.52 bits per heavy atom. The van der Waals surface area contributed by atoms with Gasteiger partial charge in [-0.1, -0.05) is 24.6 Å². The number of nitrogens with zero attached hydrogens (tertiary/aromatic N) is 4. The third-order valence-electron chi connectivity index (χ3n) is 7.19. The second-order valence-corrected chi connectivity index (χ2v) is 9.03. The normalized spacial score (nSPS) is 20.2. The molecule has 1 aromatic heterocycles. The van der Waals surface area contributed by atoms with Crippen LogP contribution in [-0.4, -0.2) is 78.0 Å². The maximum absolute atomic E-state index is 12.9. The number of methoxy groups -OCH3 is 1. The third kappa shape index (κ3) is 4.46. The summed E-state index contributed by atoms with van der Waals surface area (Å²) in [5.74, 6) is 0.920. The highest BCUT2D eigenvalue weighted by molar-refractivity contribution is 5.78. The van der Waals surface area contributed by atoms with Crippen molar-refractivity contribution in [2.24, 2.45) is 0 Å². The van der Waals surface area contributed by atoms with Crippen LogP contribution in [-0.2, 0) is 17.8 Å². The molecule has 6 heteroatoms. The van der Waals surface area contributed by atoms with Crippen LogP contribution in [0.1, 0.15) is 30.4 Å². The lowest BCUT2D eigenvalue weighted by Crippen LogP contribution is -2.55. The second-order valence-electron chi connectivity index (χ2n) is 9.03. The summed E-state index contributed by atoms with van der Waals surface area (Å²) in [5.41, 5.74) is 5.00. The molecule has 1 saturated heterocycles. The van der Waals surface area contributed by atoms with Crippen molar-refractivity contribution in [3.05, 3.63) is 47.7 Å². The van der Waals surface area contributed by atoms with Crippen molar-refractivity contribution in [1.82, 2.24) is 19.7 Å². The fourth-order valence-electron chi connectivity index (χ4n) is 4.98. The van der Waals surface area contributed by atoms with Gasteiger partial charge in [0.25, 0.3) is 0 Å². The minimum Gasteiger partial charge on any atom is -0.481 e. The molecule has 0 spiro atoms. The number of hydrogen-bond donors (Lipinski definition) is 0. The summed E-state index contributed by atoms with van der Waals surface area (Å²) in [6.45, 7) is 6.19. The Labute approximate surface area is 184 Å². The van der Waals surface area contributed by atoms with E-state index >= 15 is 0 Å². The van der Waals surface area contributed by atoms with Crippen LogP contribution in [0, 0.1) is 0 Å². The van der Waals surface area contributed by atoms with Gasteiger partial charge >= 0.3 is 0 Å². The van der Waals surface area contributed by atoms with E-state index < -0.39 is 0 Å². The van der Waals surface area contributed by atoms with Crippen molar-refractivity contribution in [3.63, 3.8) is 0 Å². The van der Waals surface area contributed by atoms with Crippen LogP contribution in [0.25, 0.3) is 11.1 Å². The minimum atomic E-state index is 0.289. The largest absolute Gasteiger partial charge is 0.481 e. The SMILES string of the molecule is COc1ccc(-c2ccc3c(c2)CCN(CC(=O)N2CCN(C4CCC4)CC2)C3)cn1. The molecule has 0 bridgehead atoms. The van der Waals surface area contributed by atoms with Crippen molar-refractivity contribution >= 4 is 5.91 Å². The first-order valence-electron chi connectivity index (χ1n) is 11.6. The molecule has 1 aliphatic carbocycles. The van der Waals surface area contributed by atoms with Crippen LogP contribution in [0.15, 0.2) is 36.5 Å². The lowest BCUT2D eigenvalue weighted by molar-refractivity contribution is -0.135. The van der Waals surface area contributed by atoms with Crippen LogP contribution in [0.4, 0.5) is 0 Å². The molecule has 1 aromatic carbocycles. The number of fused-ring (bicyclic) bond motifs is 1. The fourth-order valence-corrected chi connectivity index (χ4v) is 4.98. The molecule has 3 heterocycles. The lowest BCUT2D eigenvalue weighted by atomic mass is 9.91. The molecule has 5 rings (SSSR count). The van der Waals surface area contributed by atoms with E-state index in [0.29, 0.717) is 12.4 Å². The first kappa shape index (κ1) is 20.5. The number of aromatic nitrogens is 1. The van der Waals surface area contributed by atoms with Crippen LogP contribution in [0.2, 0.25) is 0 Å². The summed E-state index contributed by atoms with van der Waals surface area (Å²) in [5, 5.41) is 0. The van der Waals surface area contributed by atoms with E-state index in [2.05, 4.69) is 37.9 Å². The number of rotatable bonds is 5. The van der Waals surface area contributed by atoms with Crippen LogP contribution in [0.3, 0.4) is 0 Å². The summed E-state index contributed by atoms with van der Waals surface area (Å²) in [6.07, 6.45) is 6.91. The Morgan fingerprint density at radius 2 is 1.84 bits per heavy atom. The Balaban J connectivity index is 1.16. The zero-order valence-electron chi connectivity index (χ0n) is 18.4. The van der Waals surface area contributed by atoms with Gasteiger partial charge in [-0.3, -0.25) is 14.6 Å². The molecule has 1 saturated carbocycles. The van der Waals surface area contributed by atoms with Crippen LogP contribution in [0.5, 0.6) is 5.88 Å². The number of carbonyl (C=O) groups is 1. The highest BCUT2D eigenvalue weighted by Gasteiger charge is 2.30. The van der Waals surface area contributed by atoms with Crippen LogP contribution >= 0.6 is 0 Å². The van der Waals surface area contributed by atoms with Gasteiger partial charge in [0.2, 0.25) is 11.8 Å². The quantitative estimate of drug-likeness (QED) is 0.745. The standard InChI is InChI=1S/C25H32N4O2/c1-31-24-8-7-21(16-26-24)19-5-6-22-17-27(10-9-20(22)15-19)18-25(30)29-13-11-28(12-14-29)23-3-2-4-23/h5-8,15-16,23H,2-4,9-14,17-18H2,1H3. The Hall–Kier alpha value is -2.44. The van der Waals surface area contributed by atoms with E-state index in [9.17, 15) is 4.79 Å². The maximum atomic E-state index is 12.9. The van der Waals surface area contributed by atoms with Gasteiger partial charge in [0.05, 0.1) is 13.7 Å². The summed E-state index contributed by atoms with van der Waals surface area (Å²) in [7, 11) is 1.63. The molecule has 0 radical (unpaired) electrons. The molecule has 3 aliphatic rings. The summed E-state index contributed by atoms with van der Waals surface area (Å²) in [6, 6.07) is 11.4. The molecule has 164 valence electrons. The van der Waals surface area contributed by atoms with Gasteiger partial charge in [-0.25, -0.2) is 4.98 Å². The number of ether oxygens (including phenoxy) is 1. The molecule has 0 N–H and O–H groups in total. The summed E-state index contributed by atoms with van der Waals surface area (Å²) < 4.78 is 5.16. The van der Waals surface area contributed by atoms with Crippen LogP contribution < -0.4 is 4.74 Å². The molecule has 1 amide bonds. The molecular formula is C25H32N4O2. The van der Waals surface area contributed by atoms with Crippen molar-refractivity contribution < 1.29 is 9.53 Å². The Kier molecular flexibility index (Phi) is 5.92. The van der Waals surface area contributed by atoms with Crippen molar-refractivity contribution in [3.8, 4) is 17.0 Å². The third-order valence-corrected chi connectivity index (χ3v) is 7.19.